The van der Waals surface area contributed by atoms with E-state index in [1.807, 2.05) is 13.8 Å². The summed E-state index contributed by atoms with van der Waals surface area (Å²) < 4.78 is 10.3. The van der Waals surface area contributed by atoms with Gasteiger partial charge in [0, 0.05) is 0 Å². The van der Waals surface area contributed by atoms with E-state index in [-0.39, 0.29) is 0 Å². The van der Waals surface area contributed by atoms with Gasteiger partial charge in [-0.1, -0.05) is 4.57 Å². The molecule has 0 aromatic rings. The third kappa shape index (κ3) is 2.34. The van der Waals surface area contributed by atoms with Crippen molar-refractivity contribution >= 4 is 7.80 Å². The van der Waals surface area contributed by atoms with E-state index in [1.54, 1.807) is 0 Å². The largest absolute Gasteiger partial charge is 0.338 e. The van der Waals surface area contributed by atoms with Gasteiger partial charge in [0.1, 0.15) is 12.3 Å². The van der Waals surface area contributed by atoms with Gasteiger partial charge in [-0.3, -0.25) is 0 Å². The Kier molecular flexibility index (Phi) is 3.35. The molecular weight excluding hydrogens is 95.0 g/mol. The maximum atomic E-state index is 10.3. The van der Waals surface area contributed by atoms with E-state index in [1.165, 1.54) is 0 Å². The summed E-state index contributed by atoms with van der Waals surface area (Å²) in [4.78, 5) is 0. The zero-order valence-electron chi connectivity index (χ0n) is 4.27. The van der Waals surface area contributed by atoms with Crippen molar-refractivity contribution in [3.63, 3.8) is 0 Å². The van der Waals surface area contributed by atoms with E-state index in [0.29, 0.717) is 0 Å². The van der Waals surface area contributed by atoms with Crippen LogP contribution in [0.1, 0.15) is 13.8 Å². The normalized spacial score (nSPS) is 8.33. The highest BCUT2D eigenvalue weighted by Gasteiger charge is 2.02. The lowest BCUT2D eigenvalue weighted by Gasteiger charge is -1.66. The average molecular weight is 105 g/mol. The number of hydrogen-bond acceptors (Lipinski definition) is 1. The van der Waals surface area contributed by atoms with Crippen molar-refractivity contribution in [1.29, 1.82) is 0 Å². The summed E-state index contributed by atoms with van der Waals surface area (Å²) in [5.41, 5.74) is 0. The second kappa shape index (κ2) is 3.30. The van der Waals surface area contributed by atoms with Crippen LogP contribution < -0.4 is 0 Å². The molecule has 0 aliphatic heterocycles. The lowest BCUT2D eigenvalue weighted by molar-refractivity contribution is 0.589. The van der Waals surface area contributed by atoms with Crippen molar-refractivity contribution in [2.75, 3.05) is 12.3 Å². The van der Waals surface area contributed by atoms with Gasteiger partial charge in [-0.25, -0.2) is 0 Å². The Labute approximate surface area is 39.5 Å². The molecule has 0 N–H and O–H groups in total. The molecule has 0 rings (SSSR count). The second-order valence-corrected chi connectivity index (χ2v) is 3.34. The van der Waals surface area contributed by atoms with Gasteiger partial charge in [0.25, 0.3) is 0 Å². The summed E-state index contributed by atoms with van der Waals surface area (Å²) in [6.07, 6.45) is 1.68. The van der Waals surface area contributed by atoms with Gasteiger partial charge >= 0.3 is 7.80 Å². The number of rotatable bonds is 2. The van der Waals surface area contributed by atoms with E-state index in [9.17, 15) is 4.57 Å². The molecule has 0 bridgehead atoms. The third-order valence-electron chi connectivity index (χ3n) is 0.705. The lowest BCUT2D eigenvalue weighted by Crippen LogP contribution is -1.66. The molecular formula is C4H10OP+. The molecule has 0 fully saturated rings. The highest BCUT2D eigenvalue weighted by Crippen LogP contribution is 2.16. The van der Waals surface area contributed by atoms with Crippen molar-refractivity contribution in [2.24, 2.45) is 0 Å². The van der Waals surface area contributed by atoms with Crippen LogP contribution in [0.2, 0.25) is 0 Å². The Balaban J connectivity index is 2.99. The smallest absolute Gasteiger partial charge is 0.0749 e. The fourth-order valence-electron chi connectivity index (χ4n) is 0.224. The van der Waals surface area contributed by atoms with Gasteiger partial charge in [-0.2, -0.15) is 0 Å². The molecule has 6 heavy (non-hydrogen) atoms. The molecule has 0 radical (unpaired) electrons. The van der Waals surface area contributed by atoms with Gasteiger partial charge < -0.3 is 0 Å². The van der Waals surface area contributed by atoms with Crippen LogP contribution >= 0.6 is 7.80 Å². The zero-order valence-corrected chi connectivity index (χ0v) is 5.16. The molecule has 0 aliphatic carbocycles. The Hall–Kier alpha value is 0.100. The second-order valence-electron chi connectivity index (χ2n) is 1.11. The summed E-state index contributed by atoms with van der Waals surface area (Å²) >= 11 is 0. The summed E-state index contributed by atoms with van der Waals surface area (Å²) in [6.45, 7) is 3.89. The molecule has 0 aromatic carbocycles. The third-order valence-corrected chi connectivity index (χ3v) is 2.12. The predicted octanol–water partition coefficient (Wildman–Crippen LogP) is 1.85. The van der Waals surface area contributed by atoms with Crippen LogP contribution in [0.15, 0.2) is 0 Å². The monoisotopic (exact) mass is 105 g/mol. The quantitative estimate of drug-likeness (QED) is 0.490. The van der Waals surface area contributed by atoms with E-state index >= 15 is 0 Å². The summed E-state index contributed by atoms with van der Waals surface area (Å²) in [5.74, 6) is 0. The van der Waals surface area contributed by atoms with Crippen molar-refractivity contribution in [3.05, 3.63) is 0 Å². The maximum Gasteiger partial charge on any atom is 0.338 e. The molecule has 0 unspecified atom stereocenters. The van der Waals surface area contributed by atoms with E-state index in [2.05, 4.69) is 0 Å². The first kappa shape index (κ1) is 6.10. The van der Waals surface area contributed by atoms with Crippen LogP contribution in [0.3, 0.4) is 0 Å². The molecule has 0 atom stereocenters. The summed E-state index contributed by atoms with van der Waals surface area (Å²) in [6, 6.07) is 0. The molecule has 0 saturated carbocycles. The molecule has 2 heteroatoms. The Morgan fingerprint density at radius 3 is 1.67 bits per heavy atom. The molecule has 0 amide bonds. The van der Waals surface area contributed by atoms with E-state index in [0.717, 1.165) is 12.3 Å². The van der Waals surface area contributed by atoms with Gasteiger partial charge in [0.2, 0.25) is 0 Å². The summed E-state index contributed by atoms with van der Waals surface area (Å²) in [5, 5.41) is 0. The first-order valence-corrected chi connectivity index (χ1v) is 3.86. The van der Waals surface area contributed by atoms with Crippen LogP contribution in [0.5, 0.6) is 0 Å². The lowest BCUT2D eigenvalue weighted by atomic mass is 11.0. The topological polar surface area (TPSA) is 17.1 Å². The predicted molar refractivity (Wildman–Crippen MR) is 28.7 cm³/mol. The fraction of sp³-hybridized carbons (Fsp3) is 1.00. The van der Waals surface area contributed by atoms with Crippen molar-refractivity contribution in [3.8, 4) is 0 Å². The summed E-state index contributed by atoms with van der Waals surface area (Å²) in [7, 11) is -0.826. The van der Waals surface area contributed by atoms with Crippen LogP contribution in [-0.2, 0) is 4.57 Å². The average Bonchev–Trinajstić information content (AvgIpc) is 1.65. The molecule has 1 nitrogen and oxygen atoms in total. The highest BCUT2D eigenvalue weighted by molar-refractivity contribution is 7.44. The molecule has 0 aliphatic rings. The molecule has 0 aromatic heterocycles. The molecule has 0 saturated heterocycles. The van der Waals surface area contributed by atoms with Crippen LogP contribution in [0, 0.1) is 0 Å². The van der Waals surface area contributed by atoms with Gasteiger partial charge in [0.15, 0.2) is 0 Å². The molecule has 36 valence electrons. The maximum absolute atomic E-state index is 10.3. The first-order chi connectivity index (χ1) is 2.81. The van der Waals surface area contributed by atoms with Crippen LogP contribution in [-0.4, -0.2) is 12.3 Å². The van der Waals surface area contributed by atoms with Gasteiger partial charge in [0.05, 0.1) is 0 Å². The van der Waals surface area contributed by atoms with Crippen molar-refractivity contribution in [1.82, 2.24) is 0 Å². The van der Waals surface area contributed by atoms with Gasteiger partial charge in [-0.05, 0) is 13.8 Å². The van der Waals surface area contributed by atoms with Crippen LogP contribution in [0.25, 0.3) is 0 Å². The standard InChI is InChI=1S/C4H10OP/c1-3-6(5)4-2/h3-4H2,1-2H3/q+1. The zero-order chi connectivity index (χ0) is 4.99. The minimum Gasteiger partial charge on any atom is -0.0749 e. The minimum atomic E-state index is -0.826. The van der Waals surface area contributed by atoms with Crippen molar-refractivity contribution < 1.29 is 4.57 Å². The molecule has 0 heterocycles. The Morgan fingerprint density at radius 2 is 1.67 bits per heavy atom. The fourth-order valence-corrected chi connectivity index (χ4v) is 0.671. The molecule has 0 spiro atoms. The van der Waals surface area contributed by atoms with E-state index in [4.69, 9.17) is 0 Å². The minimum absolute atomic E-state index is 0.826. The SMILES string of the molecule is CC[P+](=O)CC. The highest BCUT2D eigenvalue weighted by atomic mass is 31.1. The first-order valence-electron chi connectivity index (χ1n) is 2.23. The van der Waals surface area contributed by atoms with Gasteiger partial charge in [-0.15, -0.1) is 0 Å². The Bertz CT molecular complexity index is 45.5. The Morgan fingerprint density at radius 1 is 1.33 bits per heavy atom. The van der Waals surface area contributed by atoms with E-state index < -0.39 is 7.80 Å². The number of hydrogen-bond donors (Lipinski definition) is 0. The van der Waals surface area contributed by atoms with Crippen LogP contribution in [0.4, 0.5) is 0 Å². The van der Waals surface area contributed by atoms with Crippen molar-refractivity contribution in [2.45, 2.75) is 13.8 Å².